The van der Waals surface area contributed by atoms with Gasteiger partial charge in [0.05, 0.1) is 5.52 Å². The van der Waals surface area contributed by atoms with Crippen LogP contribution in [-0.2, 0) is 0 Å². The molecular formula is C7H4BIN2. The van der Waals surface area contributed by atoms with Crippen molar-refractivity contribution in [2.45, 2.75) is 0 Å². The molecule has 1 aromatic carbocycles. The Hall–Kier alpha value is -0.515. The standard InChI is InChI=1S/C7H4BIN2/c8-5-3-1-2-4-6(5)10-11-7(4)9/h1-3H,(H,10,11). The van der Waals surface area contributed by atoms with Gasteiger partial charge in [-0.15, -0.1) is 0 Å². The van der Waals surface area contributed by atoms with Crippen LogP contribution in [0, 0.1) is 3.70 Å². The molecule has 0 unspecified atom stereocenters. The van der Waals surface area contributed by atoms with Gasteiger partial charge in [0.25, 0.3) is 0 Å². The van der Waals surface area contributed by atoms with Crippen molar-refractivity contribution in [3.63, 3.8) is 0 Å². The fourth-order valence-corrected chi connectivity index (χ4v) is 1.58. The number of hydrogen-bond acceptors (Lipinski definition) is 1. The predicted octanol–water partition coefficient (Wildman–Crippen LogP) is 0.961. The van der Waals surface area contributed by atoms with Crippen LogP contribution < -0.4 is 5.46 Å². The Morgan fingerprint density at radius 1 is 1.45 bits per heavy atom. The molecule has 0 saturated heterocycles. The third-order valence-electron chi connectivity index (χ3n) is 1.57. The van der Waals surface area contributed by atoms with Gasteiger partial charge in [0, 0.05) is 5.39 Å². The minimum atomic E-state index is 0.724. The Morgan fingerprint density at radius 3 is 3.00 bits per heavy atom. The third kappa shape index (κ3) is 1.05. The molecule has 2 radical (unpaired) electrons. The van der Waals surface area contributed by atoms with Crippen molar-refractivity contribution < 1.29 is 0 Å². The summed E-state index contributed by atoms with van der Waals surface area (Å²) in [6.45, 7) is 0. The average Bonchev–Trinajstić information content (AvgIpc) is 2.35. The zero-order valence-corrected chi connectivity index (χ0v) is 7.79. The number of para-hydroxylation sites is 1. The van der Waals surface area contributed by atoms with Crippen molar-refractivity contribution in [1.82, 2.24) is 10.2 Å². The van der Waals surface area contributed by atoms with Crippen LogP contribution in [0.25, 0.3) is 10.9 Å². The van der Waals surface area contributed by atoms with E-state index in [1.165, 1.54) is 0 Å². The number of aromatic nitrogens is 2. The summed E-state index contributed by atoms with van der Waals surface area (Å²) in [5.74, 6) is 0. The highest BCUT2D eigenvalue weighted by Crippen LogP contribution is 2.14. The molecule has 0 aliphatic rings. The summed E-state index contributed by atoms with van der Waals surface area (Å²) in [4.78, 5) is 0. The van der Waals surface area contributed by atoms with E-state index in [2.05, 4.69) is 32.8 Å². The zero-order chi connectivity index (χ0) is 7.84. The Morgan fingerprint density at radius 2 is 2.27 bits per heavy atom. The lowest BCUT2D eigenvalue weighted by Gasteiger charge is -1.91. The Kier molecular flexibility index (Phi) is 1.63. The summed E-state index contributed by atoms with van der Waals surface area (Å²) in [7, 11) is 5.68. The molecular weight excluding hydrogens is 250 g/mol. The van der Waals surface area contributed by atoms with Crippen LogP contribution in [0.15, 0.2) is 18.2 Å². The summed E-state index contributed by atoms with van der Waals surface area (Å²) >= 11 is 2.20. The lowest BCUT2D eigenvalue weighted by atomic mass is 9.94. The molecule has 2 aromatic rings. The van der Waals surface area contributed by atoms with E-state index in [4.69, 9.17) is 7.85 Å². The van der Waals surface area contributed by atoms with Gasteiger partial charge in [0.1, 0.15) is 11.5 Å². The largest absolute Gasteiger partial charge is 0.271 e. The first-order valence-corrected chi connectivity index (χ1v) is 4.25. The number of aromatic amines is 1. The van der Waals surface area contributed by atoms with Crippen molar-refractivity contribution in [2.75, 3.05) is 0 Å². The predicted molar refractivity (Wildman–Crippen MR) is 54.2 cm³/mol. The molecule has 0 fully saturated rings. The van der Waals surface area contributed by atoms with E-state index >= 15 is 0 Å². The van der Waals surface area contributed by atoms with Crippen LogP contribution in [0.5, 0.6) is 0 Å². The Labute approximate surface area is 78.9 Å². The number of nitrogens with one attached hydrogen (secondary N) is 1. The van der Waals surface area contributed by atoms with Gasteiger partial charge in [-0.25, -0.2) is 0 Å². The van der Waals surface area contributed by atoms with Gasteiger partial charge in [0.15, 0.2) is 0 Å². The van der Waals surface area contributed by atoms with Crippen LogP contribution in [0.3, 0.4) is 0 Å². The van der Waals surface area contributed by atoms with E-state index in [0.29, 0.717) is 0 Å². The molecule has 0 bridgehead atoms. The second-order valence-electron chi connectivity index (χ2n) is 2.28. The fourth-order valence-electron chi connectivity index (χ4n) is 1.03. The van der Waals surface area contributed by atoms with Crippen LogP contribution in [0.4, 0.5) is 0 Å². The molecule has 1 aromatic heterocycles. The third-order valence-corrected chi connectivity index (χ3v) is 2.39. The minimum Gasteiger partial charge on any atom is -0.271 e. The minimum absolute atomic E-state index is 0.724. The number of nitrogens with zero attached hydrogens (tertiary/aromatic N) is 1. The van der Waals surface area contributed by atoms with Crippen LogP contribution in [0.2, 0.25) is 0 Å². The maximum Gasteiger partial charge on any atom is 0.116 e. The first-order chi connectivity index (χ1) is 5.29. The van der Waals surface area contributed by atoms with E-state index in [-0.39, 0.29) is 0 Å². The maximum absolute atomic E-state index is 5.68. The Balaban J connectivity index is 2.94. The van der Waals surface area contributed by atoms with E-state index < -0.39 is 0 Å². The molecule has 2 rings (SSSR count). The normalized spacial score (nSPS) is 10.6. The van der Waals surface area contributed by atoms with E-state index in [0.717, 1.165) is 20.1 Å². The van der Waals surface area contributed by atoms with Gasteiger partial charge in [-0.1, -0.05) is 23.7 Å². The van der Waals surface area contributed by atoms with E-state index in [1.807, 2.05) is 18.2 Å². The highest BCUT2D eigenvalue weighted by molar-refractivity contribution is 14.1. The molecule has 2 nitrogen and oxygen atoms in total. The number of rotatable bonds is 0. The summed E-state index contributed by atoms with van der Waals surface area (Å²) in [6.07, 6.45) is 0. The highest BCUT2D eigenvalue weighted by atomic mass is 127. The average molecular weight is 254 g/mol. The first-order valence-electron chi connectivity index (χ1n) is 3.17. The van der Waals surface area contributed by atoms with E-state index in [9.17, 15) is 0 Å². The van der Waals surface area contributed by atoms with Gasteiger partial charge in [-0.05, 0) is 22.6 Å². The van der Waals surface area contributed by atoms with Crippen molar-refractivity contribution in [3.05, 3.63) is 21.9 Å². The second kappa shape index (κ2) is 2.51. The molecule has 1 N–H and O–H groups in total. The molecule has 0 atom stereocenters. The maximum atomic E-state index is 5.68. The van der Waals surface area contributed by atoms with Crippen molar-refractivity contribution in [3.8, 4) is 0 Å². The monoisotopic (exact) mass is 254 g/mol. The van der Waals surface area contributed by atoms with Crippen LogP contribution in [0.1, 0.15) is 0 Å². The molecule has 52 valence electrons. The lowest BCUT2D eigenvalue weighted by molar-refractivity contribution is 1.09. The number of fused-ring (bicyclic) bond motifs is 1. The van der Waals surface area contributed by atoms with Gasteiger partial charge >= 0.3 is 0 Å². The molecule has 4 heteroatoms. The van der Waals surface area contributed by atoms with Crippen molar-refractivity contribution in [2.24, 2.45) is 0 Å². The summed E-state index contributed by atoms with van der Waals surface area (Å²) < 4.78 is 1.03. The van der Waals surface area contributed by atoms with Crippen LogP contribution in [-0.4, -0.2) is 18.0 Å². The molecule has 0 spiro atoms. The van der Waals surface area contributed by atoms with Crippen molar-refractivity contribution in [1.29, 1.82) is 0 Å². The number of hydrogen-bond donors (Lipinski definition) is 1. The summed E-state index contributed by atoms with van der Waals surface area (Å²) in [5.41, 5.74) is 1.58. The summed E-state index contributed by atoms with van der Waals surface area (Å²) in [6, 6.07) is 5.77. The molecule has 0 aliphatic carbocycles. The van der Waals surface area contributed by atoms with Gasteiger partial charge in [0.2, 0.25) is 0 Å². The first kappa shape index (κ1) is 7.15. The Bertz CT molecular complexity index is 396. The van der Waals surface area contributed by atoms with Crippen LogP contribution >= 0.6 is 22.6 Å². The van der Waals surface area contributed by atoms with Gasteiger partial charge in [-0.2, -0.15) is 5.10 Å². The molecule has 0 saturated carbocycles. The zero-order valence-electron chi connectivity index (χ0n) is 5.63. The molecule has 0 amide bonds. The number of halogens is 1. The molecule has 1 heterocycles. The quantitative estimate of drug-likeness (QED) is 0.550. The van der Waals surface area contributed by atoms with Gasteiger partial charge < -0.3 is 0 Å². The van der Waals surface area contributed by atoms with Crippen molar-refractivity contribution >= 4 is 46.8 Å². The molecule has 11 heavy (non-hydrogen) atoms. The van der Waals surface area contributed by atoms with E-state index in [1.54, 1.807) is 0 Å². The second-order valence-corrected chi connectivity index (χ2v) is 3.36. The van der Waals surface area contributed by atoms with Gasteiger partial charge in [-0.3, -0.25) is 5.10 Å². The topological polar surface area (TPSA) is 28.7 Å². The summed E-state index contributed by atoms with van der Waals surface area (Å²) in [5, 5.41) is 8.02. The number of H-pyrrole nitrogens is 1. The lowest BCUT2D eigenvalue weighted by Crippen LogP contribution is -2.02. The number of benzene rings is 1. The highest BCUT2D eigenvalue weighted by Gasteiger charge is 2.01. The molecule has 0 aliphatic heterocycles. The smallest absolute Gasteiger partial charge is 0.116 e. The fraction of sp³-hybridized carbons (Fsp3) is 0. The SMILES string of the molecule is [B]c1cccc2c(I)[nH]nc12.